The number of aliphatic hydroxyl groups excluding tert-OH is 1. The van der Waals surface area contributed by atoms with E-state index in [0.717, 1.165) is 12.8 Å². The van der Waals surface area contributed by atoms with Crippen LogP contribution in [-0.2, 0) is 10.0 Å². The number of nitrogens with zero attached hydrogens (tertiary/aromatic N) is 1. The van der Waals surface area contributed by atoms with Gasteiger partial charge in [0.2, 0.25) is 10.0 Å². The zero-order valence-corrected chi connectivity index (χ0v) is 15.6. The second kappa shape index (κ2) is 9.07. The Morgan fingerprint density at radius 3 is 2.46 bits per heavy atom. The van der Waals surface area contributed by atoms with Gasteiger partial charge in [-0.05, 0) is 43.2 Å². The smallest absolute Gasteiger partial charge is 0.242 e. The Labute approximate surface area is 153 Å². The second-order valence-corrected chi connectivity index (χ2v) is 7.85. The lowest BCUT2D eigenvalue weighted by Gasteiger charge is -2.14. The van der Waals surface area contributed by atoms with E-state index in [-0.39, 0.29) is 23.3 Å². The minimum Gasteiger partial charge on any atom is -0.387 e. The van der Waals surface area contributed by atoms with Gasteiger partial charge in [0.05, 0.1) is 6.10 Å². The molecule has 0 amide bonds. The lowest BCUT2D eigenvalue weighted by molar-refractivity contribution is 0.191. The van der Waals surface area contributed by atoms with Gasteiger partial charge in [0.15, 0.2) is 0 Å². The van der Waals surface area contributed by atoms with Crippen molar-refractivity contribution in [1.29, 1.82) is 0 Å². The molecule has 0 aliphatic carbocycles. The van der Waals surface area contributed by atoms with Crippen molar-refractivity contribution in [3.05, 3.63) is 54.0 Å². The van der Waals surface area contributed by atoms with Gasteiger partial charge < -0.3 is 10.4 Å². The third kappa shape index (κ3) is 5.76. The van der Waals surface area contributed by atoms with E-state index < -0.39 is 16.1 Å². The zero-order chi connectivity index (χ0) is 19.2. The Morgan fingerprint density at radius 1 is 1.19 bits per heavy atom. The van der Waals surface area contributed by atoms with Crippen LogP contribution in [0.3, 0.4) is 0 Å². The number of pyridine rings is 1. The molecule has 0 aliphatic heterocycles. The van der Waals surface area contributed by atoms with Gasteiger partial charge in [-0.15, -0.1) is 0 Å². The molecule has 0 saturated carbocycles. The Hall–Kier alpha value is -2.03. The molecule has 0 spiro atoms. The fourth-order valence-corrected chi connectivity index (χ4v) is 3.70. The molecule has 26 heavy (non-hydrogen) atoms. The molecule has 1 aromatic heterocycles. The van der Waals surface area contributed by atoms with Crippen LogP contribution in [0.25, 0.3) is 0 Å². The molecule has 8 heteroatoms. The van der Waals surface area contributed by atoms with Crippen LogP contribution >= 0.6 is 0 Å². The fraction of sp³-hybridized carbons (Fsp3) is 0.389. The monoisotopic (exact) mass is 381 g/mol. The summed E-state index contributed by atoms with van der Waals surface area (Å²) in [5.41, 5.74) is 0.576. The number of halogens is 1. The Kier molecular flexibility index (Phi) is 7.07. The third-order valence-corrected chi connectivity index (χ3v) is 5.43. The van der Waals surface area contributed by atoms with Crippen LogP contribution in [0.2, 0.25) is 0 Å². The molecule has 0 fully saturated rings. The number of sulfonamides is 1. The van der Waals surface area contributed by atoms with Gasteiger partial charge in [-0.25, -0.2) is 22.5 Å². The Morgan fingerprint density at radius 2 is 1.88 bits per heavy atom. The number of hydrogen-bond donors (Lipinski definition) is 3. The number of nitrogens with one attached hydrogen (secondary N) is 2. The number of hydrogen-bond acceptors (Lipinski definition) is 5. The third-order valence-electron chi connectivity index (χ3n) is 3.86. The maximum Gasteiger partial charge on any atom is 0.242 e. The molecule has 2 atom stereocenters. The van der Waals surface area contributed by atoms with Gasteiger partial charge in [0, 0.05) is 18.8 Å². The van der Waals surface area contributed by atoms with Gasteiger partial charge >= 0.3 is 0 Å². The average Bonchev–Trinajstić information content (AvgIpc) is 2.60. The summed E-state index contributed by atoms with van der Waals surface area (Å²) in [7, 11) is -3.60. The summed E-state index contributed by atoms with van der Waals surface area (Å²) in [5.74, 6) is 0.0703. The Balaban J connectivity index is 1.95. The predicted molar refractivity (Wildman–Crippen MR) is 98.8 cm³/mol. The molecule has 1 heterocycles. The van der Waals surface area contributed by atoms with Crippen molar-refractivity contribution < 1.29 is 17.9 Å². The molecule has 0 bridgehead atoms. The summed E-state index contributed by atoms with van der Waals surface area (Å²) in [5, 5.41) is 13.0. The molecular weight excluding hydrogens is 357 g/mol. The number of aliphatic hydroxyl groups is 1. The van der Waals surface area contributed by atoms with E-state index in [1.807, 2.05) is 13.8 Å². The van der Waals surface area contributed by atoms with Crippen molar-refractivity contribution in [1.82, 2.24) is 9.71 Å². The highest BCUT2D eigenvalue weighted by molar-refractivity contribution is 7.89. The first kappa shape index (κ1) is 20.3. The molecule has 2 aromatic rings. The number of rotatable bonds is 9. The maximum absolute atomic E-state index is 12.9. The molecule has 0 aliphatic rings. The predicted octanol–water partition coefficient (Wildman–Crippen LogP) is 2.83. The van der Waals surface area contributed by atoms with E-state index in [1.165, 1.54) is 42.6 Å². The van der Waals surface area contributed by atoms with E-state index in [2.05, 4.69) is 15.0 Å². The lowest BCUT2D eigenvalue weighted by atomic mass is 10.1. The summed E-state index contributed by atoms with van der Waals surface area (Å²) in [6.07, 6.45) is 2.08. The molecule has 3 N–H and O–H groups in total. The van der Waals surface area contributed by atoms with Crippen LogP contribution < -0.4 is 10.0 Å². The van der Waals surface area contributed by atoms with E-state index in [1.54, 1.807) is 0 Å². The molecule has 0 saturated heterocycles. The highest BCUT2D eigenvalue weighted by Crippen LogP contribution is 2.16. The molecule has 142 valence electrons. The average molecular weight is 381 g/mol. The van der Waals surface area contributed by atoms with Crippen LogP contribution in [0.1, 0.15) is 38.4 Å². The Bertz CT molecular complexity index is 795. The molecule has 2 unspecified atom stereocenters. The summed E-state index contributed by atoms with van der Waals surface area (Å²) in [6.45, 7) is 3.98. The summed E-state index contributed by atoms with van der Waals surface area (Å²) in [6, 6.07) is 8.43. The summed E-state index contributed by atoms with van der Waals surface area (Å²) >= 11 is 0. The van der Waals surface area contributed by atoms with E-state index in [0.29, 0.717) is 11.4 Å². The number of anilines is 1. The number of aromatic nitrogens is 1. The largest absolute Gasteiger partial charge is 0.387 e. The summed E-state index contributed by atoms with van der Waals surface area (Å²) < 4.78 is 40.0. The second-order valence-electron chi connectivity index (χ2n) is 6.14. The molecule has 2 rings (SSSR count). The van der Waals surface area contributed by atoms with Crippen molar-refractivity contribution in [2.24, 2.45) is 0 Å². The standard InChI is InChI=1S/C18H24FN3O3S/c1-3-4-13(2)22-26(24,25)16-9-10-18(20-11-16)21-12-17(23)14-5-7-15(19)8-6-14/h5-11,13,17,22-23H,3-4,12H2,1-2H3,(H,20,21). The van der Waals surface area contributed by atoms with Crippen LogP contribution in [-0.4, -0.2) is 31.1 Å². The van der Waals surface area contributed by atoms with Crippen molar-refractivity contribution in [2.45, 2.75) is 43.7 Å². The van der Waals surface area contributed by atoms with Gasteiger partial charge in [0.1, 0.15) is 16.5 Å². The van der Waals surface area contributed by atoms with Crippen molar-refractivity contribution in [2.75, 3.05) is 11.9 Å². The SMILES string of the molecule is CCCC(C)NS(=O)(=O)c1ccc(NCC(O)c2ccc(F)cc2)nc1. The minimum atomic E-state index is -3.60. The van der Waals surface area contributed by atoms with Crippen molar-refractivity contribution in [3.8, 4) is 0 Å². The number of benzene rings is 1. The first-order valence-corrected chi connectivity index (χ1v) is 9.96. The van der Waals surface area contributed by atoms with Crippen molar-refractivity contribution >= 4 is 15.8 Å². The first-order valence-electron chi connectivity index (χ1n) is 8.47. The quantitative estimate of drug-likeness (QED) is 0.621. The van der Waals surface area contributed by atoms with Crippen LogP contribution in [0.4, 0.5) is 10.2 Å². The van der Waals surface area contributed by atoms with Gasteiger partial charge in [-0.1, -0.05) is 25.5 Å². The normalized spacial score (nSPS) is 14.0. The maximum atomic E-state index is 12.9. The molecular formula is C18H24FN3O3S. The highest BCUT2D eigenvalue weighted by Gasteiger charge is 2.17. The van der Waals surface area contributed by atoms with Gasteiger partial charge in [-0.2, -0.15) is 0 Å². The molecule has 0 radical (unpaired) electrons. The van der Waals surface area contributed by atoms with Crippen molar-refractivity contribution in [3.63, 3.8) is 0 Å². The first-order chi connectivity index (χ1) is 12.3. The minimum absolute atomic E-state index is 0.0880. The zero-order valence-electron chi connectivity index (χ0n) is 14.8. The molecule has 6 nitrogen and oxygen atoms in total. The fourth-order valence-electron chi connectivity index (χ4n) is 2.47. The lowest BCUT2D eigenvalue weighted by Crippen LogP contribution is -2.32. The van der Waals surface area contributed by atoms with Crippen LogP contribution in [0.15, 0.2) is 47.5 Å². The van der Waals surface area contributed by atoms with Crippen LogP contribution in [0.5, 0.6) is 0 Å². The highest BCUT2D eigenvalue weighted by atomic mass is 32.2. The van der Waals surface area contributed by atoms with Gasteiger partial charge in [0.25, 0.3) is 0 Å². The van der Waals surface area contributed by atoms with Crippen LogP contribution in [0, 0.1) is 5.82 Å². The van der Waals surface area contributed by atoms with E-state index >= 15 is 0 Å². The van der Waals surface area contributed by atoms with E-state index in [4.69, 9.17) is 0 Å². The molecule has 1 aromatic carbocycles. The summed E-state index contributed by atoms with van der Waals surface area (Å²) in [4.78, 5) is 4.16. The topological polar surface area (TPSA) is 91.3 Å². The van der Waals surface area contributed by atoms with Gasteiger partial charge in [-0.3, -0.25) is 0 Å². The van der Waals surface area contributed by atoms with E-state index in [9.17, 15) is 17.9 Å².